The van der Waals surface area contributed by atoms with Crippen molar-refractivity contribution in [3.63, 3.8) is 0 Å². The van der Waals surface area contributed by atoms with Crippen LogP contribution in [0.3, 0.4) is 0 Å². The van der Waals surface area contributed by atoms with Crippen molar-refractivity contribution in [3.05, 3.63) is 28.8 Å². The molecule has 94 valence electrons. The summed E-state index contributed by atoms with van der Waals surface area (Å²) in [6.45, 7) is 4.22. The summed E-state index contributed by atoms with van der Waals surface area (Å²) in [5.41, 5.74) is 3.25. The predicted molar refractivity (Wildman–Crippen MR) is 69.3 cm³/mol. The monoisotopic (exact) mass is 234 g/mol. The average Bonchev–Trinajstić information content (AvgIpc) is 2.35. The van der Waals surface area contributed by atoms with Crippen LogP contribution >= 0.6 is 0 Å². The molecule has 2 nitrogen and oxygen atoms in total. The summed E-state index contributed by atoms with van der Waals surface area (Å²) in [5, 5.41) is 9.16. The van der Waals surface area contributed by atoms with Crippen molar-refractivity contribution >= 4 is 0 Å². The third kappa shape index (κ3) is 3.01. The zero-order valence-corrected chi connectivity index (χ0v) is 10.8. The topological polar surface area (TPSA) is 29.5 Å². The third-order valence-corrected chi connectivity index (χ3v) is 3.54. The van der Waals surface area contributed by atoms with Crippen LogP contribution in [0.2, 0.25) is 0 Å². The van der Waals surface area contributed by atoms with E-state index in [4.69, 9.17) is 9.84 Å². The average molecular weight is 234 g/mol. The lowest BCUT2D eigenvalue weighted by Gasteiger charge is -2.25. The van der Waals surface area contributed by atoms with Crippen LogP contribution in [0.4, 0.5) is 0 Å². The Labute approximate surface area is 104 Å². The molecule has 1 aliphatic carbocycles. The van der Waals surface area contributed by atoms with E-state index in [0.717, 1.165) is 22.4 Å². The second kappa shape index (κ2) is 5.54. The molecule has 1 aromatic rings. The number of benzene rings is 1. The Morgan fingerprint density at radius 1 is 1.12 bits per heavy atom. The van der Waals surface area contributed by atoms with Gasteiger partial charge in [-0.05, 0) is 56.2 Å². The molecule has 0 spiro atoms. The van der Waals surface area contributed by atoms with E-state index in [-0.39, 0.29) is 6.61 Å². The van der Waals surface area contributed by atoms with E-state index in [1.54, 1.807) is 0 Å². The van der Waals surface area contributed by atoms with Gasteiger partial charge < -0.3 is 9.84 Å². The second-order valence-electron chi connectivity index (χ2n) is 5.09. The fraction of sp³-hybridized carbons (Fsp3) is 0.600. The van der Waals surface area contributed by atoms with Crippen molar-refractivity contribution in [3.8, 4) is 5.75 Å². The van der Waals surface area contributed by atoms with Gasteiger partial charge in [0.2, 0.25) is 0 Å². The largest absolute Gasteiger partial charge is 0.490 e. The molecule has 2 heteroatoms. The van der Waals surface area contributed by atoms with E-state index in [1.807, 2.05) is 12.1 Å². The quantitative estimate of drug-likeness (QED) is 0.867. The summed E-state index contributed by atoms with van der Waals surface area (Å²) in [6.07, 6.45) is 6.68. The molecular formula is C15H22O2. The number of aryl methyl sites for hydroxylation is 2. The van der Waals surface area contributed by atoms with Gasteiger partial charge in [-0.25, -0.2) is 0 Å². The molecule has 17 heavy (non-hydrogen) atoms. The van der Waals surface area contributed by atoms with Crippen LogP contribution < -0.4 is 4.74 Å². The second-order valence-corrected chi connectivity index (χ2v) is 5.09. The van der Waals surface area contributed by atoms with Gasteiger partial charge in [0.1, 0.15) is 5.75 Å². The molecule has 0 radical (unpaired) electrons. The summed E-state index contributed by atoms with van der Waals surface area (Å²) in [5.74, 6) is 1.02. The zero-order chi connectivity index (χ0) is 12.3. The minimum atomic E-state index is 0.103. The van der Waals surface area contributed by atoms with E-state index in [0.29, 0.717) is 6.10 Å². The number of aliphatic hydroxyl groups excluding tert-OH is 1. The molecule has 1 aliphatic rings. The molecule has 0 atom stereocenters. The van der Waals surface area contributed by atoms with Crippen molar-refractivity contribution in [1.82, 2.24) is 0 Å². The normalized spacial score (nSPS) is 17.1. The Balaban J connectivity index is 2.14. The molecule has 0 unspecified atom stereocenters. The van der Waals surface area contributed by atoms with Crippen LogP contribution in [-0.2, 0) is 6.61 Å². The molecule has 0 amide bonds. The van der Waals surface area contributed by atoms with E-state index >= 15 is 0 Å². The van der Waals surface area contributed by atoms with Gasteiger partial charge in [0.05, 0.1) is 12.7 Å². The Kier molecular flexibility index (Phi) is 4.06. The Morgan fingerprint density at radius 3 is 2.24 bits per heavy atom. The molecule has 0 heterocycles. The molecule has 0 bridgehead atoms. The van der Waals surface area contributed by atoms with Crippen LogP contribution in [0.1, 0.15) is 48.8 Å². The maximum absolute atomic E-state index is 9.16. The lowest BCUT2D eigenvalue weighted by atomic mass is 9.97. The fourth-order valence-corrected chi connectivity index (χ4v) is 2.67. The summed E-state index contributed by atoms with van der Waals surface area (Å²) in [6, 6.07) is 4.04. The zero-order valence-electron chi connectivity index (χ0n) is 10.8. The van der Waals surface area contributed by atoms with E-state index in [2.05, 4.69) is 13.8 Å². The summed E-state index contributed by atoms with van der Waals surface area (Å²) in [7, 11) is 0. The van der Waals surface area contributed by atoms with Gasteiger partial charge in [-0.1, -0.05) is 18.6 Å². The smallest absolute Gasteiger partial charge is 0.125 e. The van der Waals surface area contributed by atoms with E-state index < -0.39 is 0 Å². The Morgan fingerprint density at radius 2 is 1.71 bits per heavy atom. The van der Waals surface area contributed by atoms with Gasteiger partial charge in [0.15, 0.2) is 0 Å². The Bertz CT molecular complexity index is 356. The first-order valence-electron chi connectivity index (χ1n) is 6.58. The minimum absolute atomic E-state index is 0.103. The highest BCUT2D eigenvalue weighted by molar-refractivity contribution is 5.43. The van der Waals surface area contributed by atoms with E-state index in [9.17, 15) is 0 Å². The molecule has 2 rings (SSSR count). The van der Waals surface area contributed by atoms with Crippen LogP contribution in [0, 0.1) is 13.8 Å². The first-order valence-corrected chi connectivity index (χ1v) is 6.58. The maximum Gasteiger partial charge on any atom is 0.125 e. The highest BCUT2D eigenvalue weighted by Crippen LogP contribution is 2.29. The molecule has 1 N–H and O–H groups in total. The minimum Gasteiger partial charge on any atom is -0.490 e. The number of rotatable bonds is 3. The van der Waals surface area contributed by atoms with E-state index in [1.165, 1.54) is 32.1 Å². The van der Waals surface area contributed by atoms with Gasteiger partial charge in [-0.15, -0.1) is 0 Å². The highest BCUT2D eigenvalue weighted by atomic mass is 16.5. The van der Waals surface area contributed by atoms with Crippen molar-refractivity contribution in [1.29, 1.82) is 0 Å². The van der Waals surface area contributed by atoms with Crippen molar-refractivity contribution in [2.24, 2.45) is 0 Å². The first-order chi connectivity index (χ1) is 8.20. The summed E-state index contributed by atoms with van der Waals surface area (Å²) < 4.78 is 6.13. The number of hydrogen-bond donors (Lipinski definition) is 1. The molecule has 1 aromatic carbocycles. The van der Waals surface area contributed by atoms with Crippen molar-refractivity contribution in [2.45, 2.75) is 58.7 Å². The lowest BCUT2D eigenvalue weighted by molar-refractivity contribution is 0.153. The maximum atomic E-state index is 9.16. The molecule has 0 saturated heterocycles. The number of ether oxygens (including phenoxy) is 1. The van der Waals surface area contributed by atoms with Gasteiger partial charge in [-0.3, -0.25) is 0 Å². The molecule has 0 aliphatic heterocycles. The van der Waals surface area contributed by atoms with Crippen molar-refractivity contribution < 1.29 is 9.84 Å². The lowest BCUT2D eigenvalue weighted by Crippen LogP contribution is -2.20. The molecular weight excluding hydrogens is 212 g/mol. The highest BCUT2D eigenvalue weighted by Gasteiger charge is 2.17. The van der Waals surface area contributed by atoms with Crippen LogP contribution in [0.5, 0.6) is 5.75 Å². The fourth-order valence-electron chi connectivity index (χ4n) is 2.67. The summed E-state index contributed by atoms with van der Waals surface area (Å²) >= 11 is 0. The van der Waals surface area contributed by atoms with Crippen LogP contribution in [0.15, 0.2) is 12.1 Å². The van der Waals surface area contributed by atoms with Gasteiger partial charge >= 0.3 is 0 Å². The Hall–Kier alpha value is -1.02. The molecule has 0 aromatic heterocycles. The number of aliphatic hydroxyl groups is 1. The number of hydrogen-bond acceptors (Lipinski definition) is 2. The SMILES string of the molecule is Cc1cc(CO)cc(C)c1OC1CCCCC1. The third-order valence-electron chi connectivity index (χ3n) is 3.54. The van der Waals surface area contributed by atoms with Gasteiger partial charge in [0.25, 0.3) is 0 Å². The van der Waals surface area contributed by atoms with Crippen LogP contribution in [-0.4, -0.2) is 11.2 Å². The summed E-state index contributed by atoms with van der Waals surface area (Å²) in [4.78, 5) is 0. The standard InChI is InChI=1S/C15H22O2/c1-11-8-13(10-16)9-12(2)15(11)17-14-6-4-3-5-7-14/h8-9,14,16H,3-7,10H2,1-2H3. The van der Waals surface area contributed by atoms with Crippen LogP contribution in [0.25, 0.3) is 0 Å². The first kappa shape index (κ1) is 12.4. The van der Waals surface area contributed by atoms with Gasteiger partial charge in [-0.2, -0.15) is 0 Å². The van der Waals surface area contributed by atoms with Gasteiger partial charge in [0, 0.05) is 0 Å². The predicted octanol–water partition coefficient (Wildman–Crippen LogP) is 3.51. The van der Waals surface area contributed by atoms with Crippen molar-refractivity contribution in [2.75, 3.05) is 0 Å². The molecule has 1 fully saturated rings. The molecule has 1 saturated carbocycles.